The third-order valence-corrected chi connectivity index (χ3v) is 4.54. The van der Waals surface area contributed by atoms with Gasteiger partial charge in [0.2, 0.25) is 0 Å². The van der Waals surface area contributed by atoms with Crippen LogP contribution in [0.4, 0.5) is 4.39 Å². The van der Waals surface area contributed by atoms with Crippen LogP contribution in [0.3, 0.4) is 0 Å². The van der Waals surface area contributed by atoms with Crippen LogP contribution in [0.25, 0.3) is 0 Å². The first-order chi connectivity index (χ1) is 9.63. The summed E-state index contributed by atoms with van der Waals surface area (Å²) in [5.74, 6) is 0.371. The Hall–Kier alpha value is -0.640. The zero-order chi connectivity index (χ0) is 14.5. The van der Waals surface area contributed by atoms with E-state index >= 15 is 0 Å². The number of ether oxygens (including phenoxy) is 1. The molecule has 1 aliphatic rings. The first-order valence-corrected chi connectivity index (χ1v) is 7.73. The predicted molar refractivity (Wildman–Crippen MR) is 80.7 cm³/mol. The van der Waals surface area contributed by atoms with Crippen molar-refractivity contribution in [2.24, 2.45) is 5.92 Å². The van der Waals surface area contributed by atoms with Gasteiger partial charge in [-0.3, -0.25) is 0 Å². The minimum Gasteiger partial charge on any atom is -0.378 e. The maximum absolute atomic E-state index is 13.4. The van der Waals surface area contributed by atoms with Gasteiger partial charge in [0.25, 0.3) is 0 Å². The summed E-state index contributed by atoms with van der Waals surface area (Å²) in [6.07, 6.45) is 4.59. The lowest BCUT2D eigenvalue weighted by molar-refractivity contribution is -0.0288. The van der Waals surface area contributed by atoms with E-state index in [0.29, 0.717) is 18.1 Å². The standard InChI is InChI=1S/C16H23ClFNO/c1-3-20-14-8-11(9-14)7-13(19-2)10-12-5-4-6-15(18)16(12)17/h4-6,11,13-14,19H,3,7-10H2,1-2H3. The monoisotopic (exact) mass is 299 g/mol. The second-order valence-electron chi connectivity index (χ2n) is 5.55. The van der Waals surface area contributed by atoms with Crippen molar-refractivity contribution in [2.75, 3.05) is 13.7 Å². The normalized spacial score (nSPS) is 23.4. The zero-order valence-electron chi connectivity index (χ0n) is 12.2. The second kappa shape index (κ2) is 7.39. The molecule has 1 aromatic carbocycles. The Morgan fingerprint density at radius 1 is 1.45 bits per heavy atom. The van der Waals surface area contributed by atoms with Gasteiger partial charge in [-0.05, 0) is 57.2 Å². The highest BCUT2D eigenvalue weighted by atomic mass is 35.5. The summed E-state index contributed by atoms with van der Waals surface area (Å²) < 4.78 is 19.0. The molecule has 1 aromatic rings. The van der Waals surface area contributed by atoms with E-state index in [1.807, 2.05) is 20.0 Å². The lowest BCUT2D eigenvalue weighted by Crippen LogP contribution is -2.38. The highest BCUT2D eigenvalue weighted by Crippen LogP contribution is 2.34. The van der Waals surface area contributed by atoms with Crippen LogP contribution >= 0.6 is 11.6 Å². The van der Waals surface area contributed by atoms with Crippen molar-refractivity contribution in [3.63, 3.8) is 0 Å². The van der Waals surface area contributed by atoms with E-state index in [4.69, 9.17) is 16.3 Å². The molecular weight excluding hydrogens is 277 g/mol. The lowest BCUT2D eigenvalue weighted by atomic mass is 9.77. The molecule has 2 nitrogen and oxygen atoms in total. The molecule has 1 atom stereocenters. The fourth-order valence-corrected chi connectivity index (χ4v) is 3.12. The Morgan fingerprint density at radius 2 is 2.20 bits per heavy atom. The minimum absolute atomic E-state index is 0.258. The molecule has 1 unspecified atom stereocenters. The molecule has 1 aliphatic carbocycles. The van der Waals surface area contributed by atoms with Crippen molar-refractivity contribution in [1.29, 1.82) is 0 Å². The van der Waals surface area contributed by atoms with E-state index in [-0.39, 0.29) is 10.8 Å². The number of benzene rings is 1. The van der Waals surface area contributed by atoms with Crippen LogP contribution < -0.4 is 5.32 Å². The molecule has 1 fully saturated rings. The number of hydrogen-bond acceptors (Lipinski definition) is 2. The van der Waals surface area contributed by atoms with Gasteiger partial charge in [0.05, 0.1) is 11.1 Å². The largest absolute Gasteiger partial charge is 0.378 e. The average molecular weight is 300 g/mol. The van der Waals surface area contributed by atoms with Crippen molar-refractivity contribution in [1.82, 2.24) is 5.32 Å². The summed E-state index contributed by atoms with van der Waals surface area (Å²) >= 11 is 6.02. The third kappa shape index (κ3) is 3.94. The van der Waals surface area contributed by atoms with Crippen LogP contribution in [0.15, 0.2) is 18.2 Å². The smallest absolute Gasteiger partial charge is 0.142 e. The van der Waals surface area contributed by atoms with Gasteiger partial charge in [-0.25, -0.2) is 4.39 Å². The molecule has 0 amide bonds. The van der Waals surface area contributed by atoms with E-state index in [0.717, 1.165) is 37.9 Å². The molecule has 0 radical (unpaired) electrons. The molecule has 112 valence electrons. The quantitative estimate of drug-likeness (QED) is 0.826. The Kier molecular flexibility index (Phi) is 5.82. The fraction of sp³-hybridized carbons (Fsp3) is 0.625. The van der Waals surface area contributed by atoms with Crippen LogP contribution in [0.1, 0.15) is 31.7 Å². The highest BCUT2D eigenvalue weighted by molar-refractivity contribution is 6.31. The molecular formula is C16H23ClFNO. The number of likely N-dealkylation sites (N-methyl/N-ethyl adjacent to an activating group) is 1. The summed E-state index contributed by atoms with van der Waals surface area (Å²) in [5, 5.41) is 3.58. The molecule has 0 saturated heterocycles. The van der Waals surface area contributed by atoms with Crippen molar-refractivity contribution < 1.29 is 9.13 Å². The third-order valence-electron chi connectivity index (χ3n) is 4.12. The fourth-order valence-electron chi connectivity index (χ4n) is 2.92. The molecule has 1 N–H and O–H groups in total. The van der Waals surface area contributed by atoms with Gasteiger partial charge in [0.1, 0.15) is 5.82 Å². The first kappa shape index (κ1) is 15.7. The van der Waals surface area contributed by atoms with Crippen LogP contribution in [0, 0.1) is 11.7 Å². The topological polar surface area (TPSA) is 21.3 Å². The summed E-state index contributed by atoms with van der Waals surface area (Å²) in [6, 6.07) is 5.36. The van der Waals surface area contributed by atoms with Gasteiger partial charge in [0.15, 0.2) is 0 Å². The molecule has 0 spiro atoms. The van der Waals surface area contributed by atoms with E-state index in [9.17, 15) is 4.39 Å². The maximum Gasteiger partial charge on any atom is 0.142 e. The van der Waals surface area contributed by atoms with Crippen molar-refractivity contribution in [3.05, 3.63) is 34.6 Å². The van der Waals surface area contributed by atoms with Gasteiger partial charge >= 0.3 is 0 Å². The zero-order valence-corrected chi connectivity index (χ0v) is 12.9. The van der Waals surface area contributed by atoms with E-state index < -0.39 is 0 Å². The Labute approximate surface area is 125 Å². The van der Waals surface area contributed by atoms with E-state index in [1.54, 1.807) is 6.07 Å². The van der Waals surface area contributed by atoms with Crippen LogP contribution in [0.2, 0.25) is 5.02 Å². The Balaban J connectivity index is 1.85. The molecule has 0 heterocycles. The average Bonchev–Trinajstić information content (AvgIpc) is 2.40. The minimum atomic E-state index is -0.334. The van der Waals surface area contributed by atoms with Crippen LogP contribution in [-0.4, -0.2) is 25.8 Å². The first-order valence-electron chi connectivity index (χ1n) is 7.35. The molecule has 0 aromatic heterocycles. The molecule has 4 heteroatoms. The second-order valence-corrected chi connectivity index (χ2v) is 5.93. The number of hydrogen-bond donors (Lipinski definition) is 1. The van der Waals surface area contributed by atoms with Crippen LogP contribution in [0.5, 0.6) is 0 Å². The summed E-state index contributed by atoms with van der Waals surface area (Å²) in [4.78, 5) is 0. The molecule has 1 saturated carbocycles. The van der Waals surface area contributed by atoms with Gasteiger partial charge in [-0.15, -0.1) is 0 Å². The summed E-state index contributed by atoms with van der Waals surface area (Å²) in [5.41, 5.74) is 0.881. The molecule has 2 rings (SSSR count). The van der Waals surface area contributed by atoms with Gasteiger partial charge < -0.3 is 10.1 Å². The molecule has 0 bridgehead atoms. The summed E-state index contributed by atoms with van der Waals surface area (Å²) in [6.45, 7) is 2.83. The predicted octanol–water partition coefficient (Wildman–Crippen LogP) is 3.81. The van der Waals surface area contributed by atoms with E-state index in [2.05, 4.69) is 5.32 Å². The number of rotatable bonds is 7. The van der Waals surface area contributed by atoms with Crippen molar-refractivity contribution in [3.8, 4) is 0 Å². The van der Waals surface area contributed by atoms with Crippen molar-refractivity contribution in [2.45, 2.75) is 44.8 Å². The summed E-state index contributed by atoms with van der Waals surface area (Å²) in [7, 11) is 1.95. The Morgan fingerprint density at radius 3 is 2.85 bits per heavy atom. The number of nitrogens with one attached hydrogen (secondary N) is 1. The van der Waals surface area contributed by atoms with Gasteiger partial charge in [0, 0.05) is 12.6 Å². The maximum atomic E-state index is 13.4. The van der Waals surface area contributed by atoms with Gasteiger partial charge in [-0.1, -0.05) is 23.7 Å². The highest BCUT2D eigenvalue weighted by Gasteiger charge is 2.31. The molecule has 0 aliphatic heterocycles. The van der Waals surface area contributed by atoms with E-state index in [1.165, 1.54) is 6.07 Å². The SMILES string of the molecule is CCOC1CC(CC(Cc2cccc(F)c2Cl)NC)C1. The number of halogens is 2. The van der Waals surface area contributed by atoms with Crippen molar-refractivity contribution >= 4 is 11.6 Å². The van der Waals surface area contributed by atoms with Gasteiger partial charge in [-0.2, -0.15) is 0 Å². The van der Waals surface area contributed by atoms with Crippen LogP contribution in [-0.2, 0) is 11.2 Å². The molecule has 20 heavy (non-hydrogen) atoms. The lowest BCUT2D eigenvalue weighted by Gasteiger charge is -2.37. The Bertz CT molecular complexity index is 434.